The topological polar surface area (TPSA) is 84.1 Å². The summed E-state index contributed by atoms with van der Waals surface area (Å²) < 4.78 is 1.69. The van der Waals surface area contributed by atoms with Gasteiger partial charge in [-0.1, -0.05) is 24.3 Å². The number of hydrogen-bond donors (Lipinski definition) is 1. The maximum Gasteiger partial charge on any atom is 0.255 e. The Hall–Kier alpha value is -3.06. The number of nitrogens with zero attached hydrogens (tertiary/aromatic N) is 5. The summed E-state index contributed by atoms with van der Waals surface area (Å²) in [7, 11) is 0. The second kappa shape index (κ2) is 6.53. The maximum atomic E-state index is 12.9. The van der Waals surface area contributed by atoms with Gasteiger partial charge in [0, 0.05) is 24.7 Å². The molecule has 1 saturated heterocycles. The number of pyridine rings is 1. The van der Waals surface area contributed by atoms with Crippen LogP contribution in [0.25, 0.3) is 5.82 Å². The number of rotatable bonds is 2. The van der Waals surface area contributed by atoms with E-state index < -0.39 is 0 Å². The van der Waals surface area contributed by atoms with E-state index in [0.29, 0.717) is 30.9 Å². The van der Waals surface area contributed by atoms with Crippen molar-refractivity contribution >= 4 is 5.91 Å². The van der Waals surface area contributed by atoms with Gasteiger partial charge in [-0.05, 0) is 42.5 Å². The van der Waals surface area contributed by atoms with Crippen molar-refractivity contribution in [3.8, 4) is 5.82 Å². The lowest BCUT2D eigenvalue weighted by Gasteiger charge is -2.42. The Morgan fingerprint density at radius 3 is 2.54 bits per heavy atom. The standard InChI is InChI=1S/C21H21N5O2/c27-18-11-15-3-1-2-4-17(15)21(18)7-9-25(10-8-21)20(28)16-5-6-19(22-12-16)26-13-23-24-14-26/h1-6,12-14,18,27H,7-11H2/t18-/m0/s1. The van der Waals surface area contributed by atoms with Crippen LogP contribution in [0.1, 0.15) is 34.3 Å². The zero-order valence-electron chi connectivity index (χ0n) is 15.4. The van der Waals surface area contributed by atoms with E-state index in [2.05, 4.69) is 27.3 Å². The summed E-state index contributed by atoms with van der Waals surface area (Å²) in [4.78, 5) is 19.1. The van der Waals surface area contributed by atoms with Crippen LogP contribution >= 0.6 is 0 Å². The van der Waals surface area contributed by atoms with Crippen molar-refractivity contribution in [3.05, 3.63) is 71.9 Å². The lowest BCUT2D eigenvalue weighted by atomic mass is 9.72. The minimum absolute atomic E-state index is 0.0153. The van der Waals surface area contributed by atoms with E-state index >= 15 is 0 Å². The van der Waals surface area contributed by atoms with Gasteiger partial charge in [0.05, 0.1) is 11.7 Å². The first-order valence-electron chi connectivity index (χ1n) is 9.54. The van der Waals surface area contributed by atoms with Crippen LogP contribution in [0.15, 0.2) is 55.2 Å². The number of carbonyl (C=O) groups is 1. The summed E-state index contributed by atoms with van der Waals surface area (Å²) in [5.74, 6) is 0.656. The second-order valence-corrected chi connectivity index (χ2v) is 7.60. The van der Waals surface area contributed by atoms with Crippen LogP contribution in [0, 0.1) is 0 Å². The normalized spacial score (nSPS) is 20.3. The Bertz CT molecular complexity index is 992. The third-order valence-electron chi connectivity index (χ3n) is 6.23. The SMILES string of the molecule is O=C(c1ccc(-n2cnnc2)nc1)N1CCC2(CC1)c1ccccc1C[C@@H]2O. The van der Waals surface area contributed by atoms with Gasteiger partial charge in [0.15, 0.2) is 0 Å². The van der Waals surface area contributed by atoms with Crippen molar-refractivity contribution in [2.45, 2.75) is 30.8 Å². The summed E-state index contributed by atoms with van der Waals surface area (Å²) in [6, 6.07) is 11.9. The quantitative estimate of drug-likeness (QED) is 0.738. The van der Waals surface area contributed by atoms with Crippen LogP contribution in [-0.4, -0.2) is 54.9 Å². The minimum atomic E-state index is -0.369. The third-order valence-corrected chi connectivity index (χ3v) is 6.23. The van der Waals surface area contributed by atoms with E-state index in [1.54, 1.807) is 35.6 Å². The maximum absolute atomic E-state index is 12.9. The monoisotopic (exact) mass is 375 g/mol. The molecule has 1 aliphatic heterocycles. The van der Waals surface area contributed by atoms with E-state index in [1.807, 2.05) is 17.0 Å². The van der Waals surface area contributed by atoms with Crippen LogP contribution in [0.4, 0.5) is 0 Å². The van der Waals surface area contributed by atoms with Gasteiger partial charge in [-0.3, -0.25) is 9.36 Å². The van der Waals surface area contributed by atoms with E-state index in [0.717, 1.165) is 12.8 Å². The van der Waals surface area contributed by atoms with Crippen molar-refractivity contribution in [1.82, 2.24) is 24.6 Å². The largest absolute Gasteiger partial charge is 0.392 e. The lowest BCUT2D eigenvalue weighted by Crippen LogP contribution is -2.49. The molecule has 142 valence electrons. The zero-order chi connectivity index (χ0) is 19.1. The smallest absolute Gasteiger partial charge is 0.255 e. The minimum Gasteiger partial charge on any atom is -0.392 e. The molecule has 28 heavy (non-hydrogen) atoms. The Balaban J connectivity index is 1.31. The molecule has 2 aromatic heterocycles. The highest BCUT2D eigenvalue weighted by Gasteiger charge is 2.48. The number of piperidine rings is 1. The highest BCUT2D eigenvalue weighted by Crippen LogP contribution is 2.46. The molecule has 2 aliphatic rings. The number of amides is 1. The summed E-state index contributed by atoms with van der Waals surface area (Å²) in [5.41, 5.74) is 2.85. The van der Waals surface area contributed by atoms with Crippen LogP contribution < -0.4 is 0 Å². The lowest BCUT2D eigenvalue weighted by molar-refractivity contribution is 0.0365. The van der Waals surface area contributed by atoms with Crippen LogP contribution in [0.3, 0.4) is 0 Å². The van der Waals surface area contributed by atoms with Crippen LogP contribution in [0.5, 0.6) is 0 Å². The molecule has 0 unspecified atom stereocenters. The molecule has 7 nitrogen and oxygen atoms in total. The Labute approximate surface area is 162 Å². The second-order valence-electron chi connectivity index (χ2n) is 7.60. The Morgan fingerprint density at radius 1 is 1.07 bits per heavy atom. The molecule has 1 aliphatic carbocycles. The first-order chi connectivity index (χ1) is 13.7. The number of aliphatic hydroxyl groups excluding tert-OH is 1. The Morgan fingerprint density at radius 2 is 1.82 bits per heavy atom. The zero-order valence-corrected chi connectivity index (χ0v) is 15.4. The van der Waals surface area contributed by atoms with Gasteiger partial charge in [0.25, 0.3) is 5.91 Å². The molecule has 7 heteroatoms. The molecule has 0 radical (unpaired) electrons. The highest BCUT2D eigenvalue weighted by atomic mass is 16.3. The molecule has 1 spiro atoms. The highest BCUT2D eigenvalue weighted by molar-refractivity contribution is 5.94. The van der Waals surface area contributed by atoms with Crippen molar-refractivity contribution in [2.24, 2.45) is 0 Å². The predicted molar refractivity (Wildman–Crippen MR) is 102 cm³/mol. The van der Waals surface area contributed by atoms with E-state index in [1.165, 1.54) is 11.1 Å². The van der Waals surface area contributed by atoms with E-state index in [9.17, 15) is 9.90 Å². The first kappa shape index (κ1) is 17.1. The average Bonchev–Trinajstić information content (AvgIpc) is 3.36. The van der Waals surface area contributed by atoms with E-state index in [-0.39, 0.29) is 17.4 Å². The van der Waals surface area contributed by atoms with Gasteiger partial charge in [-0.2, -0.15) is 0 Å². The molecule has 5 rings (SSSR count). The van der Waals surface area contributed by atoms with Gasteiger partial charge in [-0.25, -0.2) is 4.98 Å². The fourth-order valence-electron chi connectivity index (χ4n) is 4.65. The number of aliphatic hydroxyl groups is 1. The summed E-state index contributed by atoms with van der Waals surface area (Å²) in [5, 5.41) is 18.3. The molecule has 1 N–H and O–H groups in total. The summed E-state index contributed by atoms with van der Waals surface area (Å²) >= 11 is 0. The van der Waals surface area contributed by atoms with Gasteiger partial charge >= 0.3 is 0 Å². The Kier molecular flexibility index (Phi) is 3.98. The van der Waals surface area contributed by atoms with Gasteiger partial charge in [0.1, 0.15) is 18.5 Å². The van der Waals surface area contributed by atoms with Crippen molar-refractivity contribution in [2.75, 3.05) is 13.1 Å². The van der Waals surface area contributed by atoms with Crippen LogP contribution in [0.2, 0.25) is 0 Å². The van der Waals surface area contributed by atoms with Crippen molar-refractivity contribution in [3.63, 3.8) is 0 Å². The number of carbonyl (C=O) groups excluding carboxylic acids is 1. The third kappa shape index (κ3) is 2.62. The summed E-state index contributed by atoms with van der Waals surface area (Å²) in [6.07, 6.45) is 6.64. The molecule has 3 heterocycles. The van der Waals surface area contributed by atoms with Gasteiger partial charge in [-0.15, -0.1) is 10.2 Å². The van der Waals surface area contributed by atoms with E-state index in [4.69, 9.17) is 0 Å². The molecule has 1 aromatic carbocycles. The first-order valence-corrected chi connectivity index (χ1v) is 9.54. The number of benzene rings is 1. The number of fused-ring (bicyclic) bond motifs is 2. The molecule has 1 fully saturated rings. The fraction of sp³-hybridized carbons (Fsp3) is 0.333. The van der Waals surface area contributed by atoms with Crippen molar-refractivity contribution in [1.29, 1.82) is 0 Å². The van der Waals surface area contributed by atoms with Crippen molar-refractivity contribution < 1.29 is 9.90 Å². The molecule has 0 bridgehead atoms. The number of hydrogen-bond acceptors (Lipinski definition) is 5. The molecule has 0 saturated carbocycles. The molecule has 1 atom stereocenters. The average molecular weight is 375 g/mol. The molecule has 3 aromatic rings. The van der Waals surface area contributed by atoms with Gasteiger partial charge < -0.3 is 10.0 Å². The molecular weight excluding hydrogens is 354 g/mol. The molecule has 1 amide bonds. The molecular formula is C21H21N5O2. The van der Waals surface area contributed by atoms with Crippen LogP contribution in [-0.2, 0) is 11.8 Å². The van der Waals surface area contributed by atoms with Gasteiger partial charge in [0.2, 0.25) is 0 Å². The predicted octanol–water partition coefficient (Wildman–Crippen LogP) is 1.75. The number of likely N-dealkylation sites (tertiary alicyclic amines) is 1. The fourth-order valence-corrected chi connectivity index (χ4v) is 4.65. The summed E-state index contributed by atoms with van der Waals surface area (Å²) in [6.45, 7) is 1.27. The number of aromatic nitrogens is 4.